The molecule has 3 unspecified atom stereocenters. The van der Waals surface area contributed by atoms with Crippen LogP contribution in [0.3, 0.4) is 0 Å². The molecule has 0 radical (unpaired) electrons. The van der Waals surface area contributed by atoms with Crippen molar-refractivity contribution in [3.63, 3.8) is 0 Å². The third-order valence-corrected chi connectivity index (χ3v) is 8.03. The molecule has 43 heavy (non-hydrogen) atoms. The predicted octanol–water partition coefficient (Wildman–Crippen LogP) is 2.82. The molecule has 12 heteroatoms. The van der Waals surface area contributed by atoms with Crippen LogP contribution >= 0.6 is 0 Å². The number of amides is 3. The van der Waals surface area contributed by atoms with Crippen LogP contribution in [-0.2, 0) is 14.2 Å². The highest BCUT2D eigenvalue weighted by molar-refractivity contribution is 5.91. The van der Waals surface area contributed by atoms with Gasteiger partial charge in [0.25, 0.3) is 0 Å². The maximum atomic E-state index is 12.3. The van der Waals surface area contributed by atoms with Crippen LogP contribution in [0.5, 0.6) is 0 Å². The minimum absolute atomic E-state index is 0.113. The summed E-state index contributed by atoms with van der Waals surface area (Å²) in [5.74, 6) is -0.283. The smallest absolute Gasteiger partial charge is 0.414 e. The molecule has 3 aromatic carbocycles. The summed E-state index contributed by atoms with van der Waals surface area (Å²) in [6.07, 6.45) is -1.55. The lowest BCUT2D eigenvalue weighted by molar-refractivity contribution is 0.173. The first kappa shape index (κ1) is 28.5. The van der Waals surface area contributed by atoms with Gasteiger partial charge in [0.1, 0.15) is 19.8 Å². The van der Waals surface area contributed by atoms with Crippen molar-refractivity contribution in [3.8, 4) is 0 Å². The van der Waals surface area contributed by atoms with E-state index in [4.69, 9.17) is 14.2 Å². The molecule has 3 aromatic rings. The Labute approximate surface area is 247 Å². The Hall–Kier alpha value is -4.65. The fraction of sp³-hybridized carbons (Fsp3) is 0.323. The number of hydrogen-bond acceptors (Lipinski definition) is 9. The first-order valence-electron chi connectivity index (χ1n) is 13.9. The van der Waals surface area contributed by atoms with Gasteiger partial charge in [0.2, 0.25) is 0 Å². The zero-order valence-corrected chi connectivity index (χ0v) is 23.1. The minimum atomic E-state index is -0.516. The summed E-state index contributed by atoms with van der Waals surface area (Å²) in [5.41, 5.74) is 4.50. The zero-order valence-electron chi connectivity index (χ0n) is 23.1. The van der Waals surface area contributed by atoms with E-state index in [2.05, 4.69) is 0 Å². The summed E-state index contributed by atoms with van der Waals surface area (Å²) < 4.78 is 15.3. The molecule has 3 aliphatic rings. The van der Waals surface area contributed by atoms with Crippen molar-refractivity contribution in [2.45, 2.75) is 24.0 Å². The molecule has 3 fully saturated rings. The van der Waals surface area contributed by atoms with Gasteiger partial charge in [-0.2, -0.15) is 0 Å². The number of benzene rings is 3. The van der Waals surface area contributed by atoms with Crippen LogP contribution in [0, 0.1) is 0 Å². The van der Waals surface area contributed by atoms with Crippen LogP contribution in [0.25, 0.3) is 0 Å². The van der Waals surface area contributed by atoms with Crippen LogP contribution in [-0.4, -0.2) is 91.4 Å². The Morgan fingerprint density at radius 2 is 0.767 bits per heavy atom. The molecule has 12 nitrogen and oxygen atoms in total. The molecule has 0 saturated carbocycles. The minimum Gasteiger partial charge on any atom is -0.447 e. The maximum absolute atomic E-state index is 12.3. The standard InChI is InChI=1S/C31H31N3O9/c35-13-25-16-41-29(38)32(25)22-7-1-19(2-8-22)28(20-3-9-23(10-4-20)33-26(14-36)17-42-30(33)39)21-5-11-24(12-6-21)34-27(15-37)18-43-31(34)40/h1-12,25-28,35-37H,13-18H2. The molecule has 3 amide bonds. The molecule has 224 valence electrons. The number of nitrogens with zero attached hydrogens (tertiary/aromatic N) is 3. The third kappa shape index (κ3) is 5.24. The number of carbonyl (C=O) groups is 3. The quantitative estimate of drug-likeness (QED) is 0.253. The summed E-state index contributed by atoms with van der Waals surface area (Å²) in [6.45, 7) is -0.333. The number of anilines is 3. The lowest BCUT2D eigenvalue weighted by Crippen LogP contribution is -2.36. The molecule has 3 saturated heterocycles. The number of cyclic esters (lactones) is 3. The fourth-order valence-corrected chi connectivity index (χ4v) is 5.79. The molecular formula is C31H31N3O9. The van der Waals surface area contributed by atoms with Crippen molar-refractivity contribution in [1.29, 1.82) is 0 Å². The van der Waals surface area contributed by atoms with Gasteiger partial charge in [-0.25, -0.2) is 14.4 Å². The molecule has 3 heterocycles. The van der Waals surface area contributed by atoms with Crippen LogP contribution in [0.15, 0.2) is 72.8 Å². The van der Waals surface area contributed by atoms with Gasteiger partial charge in [-0.15, -0.1) is 0 Å². The monoisotopic (exact) mass is 589 g/mol. The largest absolute Gasteiger partial charge is 0.447 e. The Morgan fingerprint density at radius 3 is 1.00 bits per heavy atom. The van der Waals surface area contributed by atoms with E-state index in [-0.39, 0.29) is 45.6 Å². The second-order valence-corrected chi connectivity index (χ2v) is 10.6. The molecule has 0 aromatic heterocycles. The van der Waals surface area contributed by atoms with Gasteiger partial charge in [0.05, 0.1) is 37.9 Å². The van der Waals surface area contributed by atoms with Gasteiger partial charge in [-0.1, -0.05) is 36.4 Å². The van der Waals surface area contributed by atoms with E-state index < -0.39 is 36.4 Å². The van der Waals surface area contributed by atoms with E-state index >= 15 is 0 Å². The number of carbonyl (C=O) groups excluding carboxylic acids is 3. The van der Waals surface area contributed by atoms with E-state index in [0.717, 1.165) is 16.7 Å². The second-order valence-electron chi connectivity index (χ2n) is 10.6. The molecule has 0 spiro atoms. The number of rotatable bonds is 9. The molecule has 0 bridgehead atoms. The average Bonchev–Trinajstić information content (AvgIpc) is 3.73. The average molecular weight is 590 g/mol. The summed E-state index contributed by atoms with van der Waals surface area (Å²) >= 11 is 0. The second kappa shape index (κ2) is 11.9. The van der Waals surface area contributed by atoms with E-state index in [1.807, 2.05) is 36.4 Å². The van der Waals surface area contributed by atoms with Crippen LogP contribution in [0.4, 0.5) is 31.4 Å². The van der Waals surface area contributed by atoms with E-state index in [1.54, 1.807) is 36.4 Å². The Kier molecular flexibility index (Phi) is 7.89. The lowest BCUT2D eigenvalue weighted by atomic mass is 9.85. The van der Waals surface area contributed by atoms with Crippen molar-refractivity contribution in [1.82, 2.24) is 0 Å². The molecular weight excluding hydrogens is 558 g/mol. The van der Waals surface area contributed by atoms with Crippen LogP contribution < -0.4 is 14.7 Å². The van der Waals surface area contributed by atoms with Crippen molar-refractivity contribution in [2.75, 3.05) is 54.3 Å². The number of ether oxygens (including phenoxy) is 3. The fourth-order valence-electron chi connectivity index (χ4n) is 5.79. The van der Waals surface area contributed by atoms with Gasteiger partial charge >= 0.3 is 18.3 Å². The zero-order chi connectivity index (χ0) is 30.1. The maximum Gasteiger partial charge on any atom is 0.414 e. The number of aliphatic hydroxyl groups is 3. The first-order chi connectivity index (χ1) is 20.9. The van der Waals surface area contributed by atoms with E-state index in [0.29, 0.717) is 17.1 Å². The van der Waals surface area contributed by atoms with Gasteiger partial charge < -0.3 is 29.5 Å². The van der Waals surface area contributed by atoms with Crippen LogP contribution in [0.1, 0.15) is 22.6 Å². The number of hydrogen-bond donors (Lipinski definition) is 3. The Balaban J connectivity index is 1.35. The SMILES string of the molecule is O=C1OCC(CO)N1c1ccc(C(c2ccc(N3C(=O)OCC3CO)cc2)c2ccc(N3C(=O)OCC3CO)cc2)cc1. The van der Waals surface area contributed by atoms with E-state index in [1.165, 1.54) is 14.7 Å². The number of aliphatic hydroxyl groups excluding tert-OH is 3. The molecule has 3 aliphatic heterocycles. The van der Waals surface area contributed by atoms with Gasteiger partial charge in [0, 0.05) is 23.0 Å². The third-order valence-electron chi connectivity index (χ3n) is 8.03. The van der Waals surface area contributed by atoms with Crippen molar-refractivity contribution in [3.05, 3.63) is 89.5 Å². The van der Waals surface area contributed by atoms with Crippen LogP contribution in [0.2, 0.25) is 0 Å². The van der Waals surface area contributed by atoms with E-state index in [9.17, 15) is 29.7 Å². The molecule has 3 atom stereocenters. The molecule has 3 N–H and O–H groups in total. The highest BCUT2D eigenvalue weighted by Crippen LogP contribution is 2.37. The molecule has 6 rings (SSSR count). The highest BCUT2D eigenvalue weighted by atomic mass is 16.6. The summed E-state index contributed by atoms with van der Waals surface area (Å²) in [6, 6.07) is 20.9. The summed E-state index contributed by atoms with van der Waals surface area (Å²) in [7, 11) is 0. The molecule has 0 aliphatic carbocycles. The van der Waals surface area contributed by atoms with Gasteiger partial charge in [0.15, 0.2) is 0 Å². The lowest BCUT2D eigenvalue weighted by Gasteiger charge is -2.24. The normalized spacial score (nSPS) is 22.5. The predicted molar refractivity (Wildman–Crippen MR) is 154 cm³/mol. The Bertz CT molecular complexity index is 1300. The van der Waals surface area contributed by atoms with Crippen molar-refractivity contribution in [2.24, 2.45) is 0 Å². The van der Waals surface area contributed by atoms with Gasteiger partial charge in [-0.3, -0.25) is 14.7 Å². The highest BCUT2D eigenvalue weighted by Gasteiger charge is 2.36. The Morgan fingerprint density at radius 1 is 0.512 bits per heavy atom. The van der Waals surface area contributed by atoms with Crippen molar-refractivity contribution >= 4 is 35.3 Å². The first-order valence-corrected chi connectivity index (χ1v) is 13.9. The van der Waals surface area contributed by atoms with Crippen molar-refractivity contribution < 1.29 is 43.9 Å². The topological polar surface area (TPSA) is 149 Å². The summed E-state index contributed by atoms with van der Waals surface area (Å²) in [5, 5.41) is 29.1. The summed E-state index contributed by atoms with van der Waals surface area (Å²) in [4.78, 5) is 41.2. The van der Waals surface area contributed by atoms with Gasteiger partial charge in [-0.05, 0) is 53.1 Å².